The van der Waals surface area contributed by atoms with Gasteiger partial charge in [-0.15, -0.1) is 0 Å². The van der Waals surface area contributed by atoms with Gasteiger partial charge in [0.25, 0.3) is 0 Å². The van der Waals surface area contributed by atoms with E-state index in [0.29, 0.717) is 6.54 Å². The lowest BCUT2D eigenvalue weighted by molar-refractivity contribution is 0.180. The lowest BCUT2D eigenvalue weighted by Crippen LogP contribution is -2.41. The summed E-state index contributed by atoms with van der Waals surface area (Å²) in [5.41, 5.74) is 5.46. The van der Waals surface area contributed by atoms with Gasteiger partial charge in [-0.3, -0.25) is 0 Å². The van der Waals surface area contributed by atoms with Crippen LogP contribution in [0.3, 0.4) is 0 Å². The van der Waals surface area contributed by atoms with Crippen LogP contribution in [0.2, 0.25) is 0 Å². The first-order valence-corrected chi connectivity index (χ1v) is 12.8. The van der Waals surface area contributed by atoms with Gasteiger partial charge in [-0.1, -0.05) is 42.5 Å². The van der Waals surface area contributed by atoms with E-state index in [-0.39, 0.29) is 24.4 Å². The van der Waals surface area contributed by atoms with Gasteiger partial charge in [0.1, 0.15) is 17.4 Å². The Morgan fingerprint density at radius 2 is 1.74 bits per heavy atom. The molecule has 7 nitrogen and oxygen atoms in total. The van der Waals surface area contributed by atoms with Gasteiger partial charge in [0.15, 0.2) is 0 Å². The normalized spacial score (nSPS) is 14.3. The Bertz CT molecular complexity index is 1610. The van der Waals surface area contributed by atoms with Gasteiger partial charge >= 0.3 is 6.03 Å². The van der Waals surface area contributed by atoms with Crippen LogP contribution < -0.4 is 10.1 Å². The summed E-state index contributed by atoms with van der Waals surface area (Å²) in [5, 5.41) is 7.94. The fraction of sp³-hybridized carbons (Fsp3) is 0.161. The van der Waals surface area contributed by atoms with E-state index in [1.54, 1.807) is 19.2 Å². The summed E-state index contributed by atoms with van der Waals surface area (Å²) < 4.78 is 22.9. The summed E-state index contributed by atoms with van der Waals surface area (Å²) in [7, 11) is 1.63. The van der Waals surface area contributed by atoms with Gasteiger partial charge in [0.05, 0.1) is 36.8 Å². The second kappa shape index (κ2) is 10.1. The molecule has 2 aromatic heterocycles. The Balaban J connectivity index is 1.46. The maximum atomic E-state index is 13.9. The topological polar surface area (TPSA) is 64.3 Å². The van der Waals surface area contributed by atoms with E-state index in [2.05, 4.69) is 9.88 Å². The van der Waals surface area contributed by atoms with Crippen LogP contribution in [-0.2, 0) is 13.1 Å². The first kappa shape index (κ1) is 24.5. The fourth-order valence-corrected chi connectivity index (χ4v) is 5.17. The minimum Gasteiger partial charge on any atom is -0.497 e. The lowest BCUT2D eigenvalue weighted by Gasteiger charge is -2.31. The van der Waals surface area contributed by atoms with Crippen LogP contribution in [0.4, 0.5) is 9.18 Å². The third kappa shape index (κ3) is 4.54. The van der Waals surface area contributed by atoms with Crippen LogP contribution in [0, 0.1) is 12.7 Å². The van der Waals surface area contributed by atoms with E-state index in [9.17, 15) is 9.18 Å². The Morgan fingerprint density at radius 1 is 1.00 bits per heavy atom. The van der Waals surface area contributed by atoms with E-state index >= 15 is 0 Å². The Morgan fingerprint density at radius 3 is 2.46 bits per heavy atom. The molecular formula is C31H28FN5O2. The summed E-state index contributed by atoms with van der Waals surface area (Å²) in [6.45, 7) is 2.60. The lowest BCUT2D eigenvalue weighted by atomic mass is 10.0. The smallest absolute Gasteiger partial charge is 0.318 e. The van der Waals surface area contributed by atoms with E-state index in [1.165, 1.54) is 12.1 Å². The van der Waals surface area contributed by atoms with Crippen molar-refractivity contribution < 1.29 is 13.9 Å². The molecule has 3 heterocycles. The van der Waals surface area contributed by atoms with Crippen LogP contribution >= 0.6 is 0 Å². The average molecular weight is 522 g/mol. The molecule has 1 aliphatic rings. The highest BCUT2D eigenvalue weighted by molar-refractivity contribution is 5.76. The third-order valence-electron chi connectivity index (χ3n) is 7.14. The molecule has 0 saturated heterocycles. The zero-order chi connectivity index (χ0) is 26.9. The number of carbonyl (C=O) groups excluding carboxylic acids is 1. The van der Waals surface area contributed by atoms with Crippen LogP contribution in [-0.4, -0.2) is 32.4 Å². The van der Waals surface area contributed by atoms with E-state index in [4.69, 9.17) is 9.84 Å². The number of benzene rings is 3. The summed E-state index contributed by atoms with van der Waals surface area (Å²) in [6.07, 6.45) is 2.02. The second-order valence-corrected chi connectivity index (χ2v) is 9.53. The number of aryl methyl sites for hydroxylation is 1. The molecule has 1 N–H and O–H groups in total. The summed E-state index contributed by atoms with van der Waals surface area (Å²) in [5.74, 6) is 1.34. The Kier molecular flexibility index (Phi) is 6.36. The minimum atomic E-state index is -0.379. The third-order valence-corrected chi connectivity index (χ3v) is 7.14. The highest BCUT2D eigenvalue weighted by Gasteiger charge is 2.36. The molecule has 0 unspecified atom stereocenters. The predicted octanol–water partition coefficient (Wildman–Crippen LogP) is 5.93. The van der Waals surface area contributed by atoms with E-state index in [1.807, 2.05) is 89.4 Å². The molecule has 196 valence electrons. The molecule has 1 atom stereocenters. The molecule has 0 saturated carbocycles. The van der Waals surface area contributed by atoms with Crippen molar-refractivity contribution in [2.75, 3.05) is 7.11 Å². The number of para-hydroxylation sites is 1. The molecule has 6 rings (SSSR count). The molecule has 3 aromatic carbocycles. The van der Waals surface area contributed by atoms with Crippen molar-refractivity contribution in [1.29, 1.82) is 0 Å². The number of rotatable bonds is 5. The molecule has 5 aromatic rings. The van der Waals surface area contributed by atoms with Gasteiger partial charge in [-0.25, -0.2) is 13.9 Å². The molecule has 0 radical (unpaired) electrons. The SMILES string of the molecule is COc1ccc([C@@H]2c3cccn3-c3c(c(C)nn3-c3ccccc3)CN2C(=O)NCc2ccc(F)cc2)cc1. The number of halogens is 1. The maximum Gasteiger partial charge on any atom is 0.318 e. The van der Waals surface area contributed by atoms with Crippen LogP contribution in [0.5, 0.6) is 5.75 Å². The molecule has 0 aliphatic carbocycles. The number of hydrogen-bond donors (Lipinski definition) is 1. The van der Waals surface area contributed by atoms with Crippen molar-refractivity contribution in [3.63, 3.8) is 0 Å². The predicted molar refractivity (Wildman–Crippen MR) is 147 cm³/mol. The van der Waals surface area contributed by atoms with E-state index < -0.39 is 0 Å². The molecule has 0 fully saturated rings. The molecule has 2 amide bonds. The highest BCUT2D eigenvalue weighted by Crippen LogP contribution is 2.38. The van der Waals surface area contributed by atoms with Gasteiger partial charge in [-0.2, -0.15) is 5.10 Å². The van der Waals surface area contributed by atoms with Crippen molar-refractivity contribution in [3.05, 3.63) is 131 Å². The number of methoxy groups -OCH3 is 1. The number of nitrogens with one attached hydrogen (secondary N) is 1. The standard InChI is InChI=1S/C31H28FN5O2/c1-21-27-20-36(31(38)33-19-22-10-14-24(32)15-11-22)29(23-12-16-26(39-2)17-13-23)28-9-6-18-35(28)30(27)37(34-21)25-7-4-3-5-8-25/h3-18,29H,19-20H2,1-2H3,(H,33,38)/t29-/m1/s1. The van der Waals surface area contributed by atoms with Crippen molar-refractivity contribution in [1.82, 2.24) is 24.6 Å². The number of ether oxygens (including phenoxy) is 1. The molecule has 8 heteroatoms. The fourth-order valence-electron chi connectivity index (χ4n) is 5.17. The monoisotopic (exact) mass is 521 g/mol. The number of carbonyl (C=O) groups is 1. The maximum absolute atomic E-state index is 13.9. The van der Waals surface area contributed by atoms with Crippen molar-refractivity contribution >= 4 is 6.03 Å². The summed E-state index contributed by atoms with van der Waals surface area (Å²) >= 11 is 0. The average Bonchev–Trinajstić information content (AvgIpc) is 3.53. The first-order valence-electron chi connectivity index (χ1n) is 12.8. The number of hydrogen-bond acceptors (Lipinski definition) is 3. The van der Waals surface area contributed by atoms with Gasteiger partial charge in [0.2, 0.25) is 0 Å². The van der Waals surface area contributed by atoms with Crippen LogP contribution in [0.25, 0.3) is 11.5 Å². The number of aromatic nitrogens is 3. The number of fused-ring (bicyclic) bond motifs is 3. The van der Waals surface area contributed by atoms with Gasteiger partial charge in [-0.05, 0) is 66.6 Å². The van der Waals surface area contributed by atoms with Crippen molar-refractivity contribution in [3.8, 4) is 17.3 Å². The summed E-state index contributed by atoms with van der Waals surface area (Å²) in [6, 6.07) is 27.4. The van der Waals surface area contributed by atoms with Crippen LogP contribution in [0.15, 0.2) is 97.2 Å². The molecule has 39 heavy (non-hydrogen) atoms. The zero-order valence-corrected chi connectivity index (χ0v) is 21.7. The number of urea groups is 1. The van der Waals surface area contributed by atoms with E-state index in [0.717, 1.165) is 45.3 Å². The molecular weight excluding hydrogens is 493 g/mol. The minimum absolute atomic E-state index is 0.229. The highest BCUT2D eigenvalue weighted by atomic mass is 19.1. The second-order valence-electron chi connectivity index (χ2n) is 9.53. The van der Waals surface area contributed by atoms with Gasteiger partial charge < -0.3 is 19.5 Å². The van der Waals surface area contributed by atoms with Crippen LogP contribution in [0.1, 0.15) is 34.1 Å². The number of amides is 2. The zero-order valence-electron chi connectivity index (χ0n) is 21.7. The van der Waals surface area contributed by atoms with Crippen molar-refractivity contribution in [2.45, 2.75) is 26.1 Å². The summed E-state index contributed by atoms with van der Waals surface area (Å²) in [4.78, 5) is 15.7. The number of nitrogens with zero attached hydrogens (tertiary/aromatic N) is 4. The quantitative estimate of drug-likeness (QED) is 0.312. The Hall–Kier alpha value is -4.85. The van der Waals surface area contributed by atoms with Crippen molar-refractivity contribution in [2.24, 2.45) is 0 Å². The molecule has 0 spiro atoms. The first-order chi connectivity index (χ1) is 19.0. The van der Waals surface area contributed by atoms with Gasteiger partial charge in [0, 0.05) is 18.3 Å². The Labute approximate surface area is 226 Å². The molecule has 0 bridgehead atoms. The largest absolute Gasteiger partial charge is 0.497 e. The molecule has 1 aliphatic heterocycles.